The maximum absolute atomic E-state index is 12.1. The molecule has 118 valence electrons. The molecule has 0 bridgehead atoms. The topological polar surface area (TPSA) is 42.0 Å². The lowest BCUT2D eigenvalue weighted by molar-refractivity contribution is -0.120. The van der Waals surface area contributed by atoms with Crippen LogP contribution in [0.2, 0.25) is 0 Å². The number of aromatic nitrogens is 1. The number of nitrogens with one attached hydrogen (secondary N) is 1. The molecule has 0 spiro atoms. The van der Waals surface area contributed by atoms with Crippen molar-refractivity contribution in [3.8, 4) is 9.88 Å². The van der Waals surface area contributed by atoms with Gasteiger partial charge in [-0.25, -0.2) is 4.98 Å². The molecule has 1 unspecified atom stereocenters. The zero-order chi connectivity index (χ0) is 16.1. The minimum Gasteiger partial charge on any atom is -0.351 e. The molecule has 0 saturated heterocycles. The third kappa shape index (κ3) is 4.43. The van der Waals surface area contributed by atoms with Gasteiger partial charge in [-0.05, 0) is 17.0 Å². The van der Waals surface area contributed by atoms with E-state index >= 15 is 0 Å². The predicted molar refractivity (Wildman–Crippen MR) is 100 cm³/mol. The second-order valence-corrected chi connectivity index (χ2v) is 7.47. The van der Waals surface area contributed by atoms with Crippen molar-refractivity contribution in [3.05, 3.63) is 64.5 Å². The molecule has 3 aromatic rings. The van der Waals surface area contributed by atoms with E-state index in [0.29, 0.717) is 13.0 Å². The third-order valence-electron chi connectivity index (χ3n) is 3.30. The lowest BCUT2D eigenvalue weighted by atomic mass is 10.2. The van der Waals surface area contributed by atoms with Crippen LogP contribution >= 0.6 is 35.3 Å². The molecule has 0 aliphatic heterocycles. The maximum atomic E-state index is 12.1. The van der Waals surface area contributed by atoms with Crippen LogP contribution < -0.4 is 5.32 Å². The van der Waals surface area contributed by atoms with E-state index in [9.17, 15) is 4.79 Å². The van der Waals surface area contributed by atoms with Crippen molar-refractivity contribution >= 4 is 41.2 Å². The molecular formula is C17H16N2OS3. The van der Waals surface area contributed by atoms with Crippen molar-refractivity contribution in [2.45, 2.75) is 18.2 Å². The van der Waals surface area contributed by atoms with Crippen LogP contribution in [0.15, 0.2) is 53.2 Å². The van der Waals surface area contributed by atoms with Crippen molar-refractivity contribution in [1.29, 1.82) is 0 Å². The fraction of sp³-hybridized carbons (Fsp3) is 0.176. The van der Waals surface area contributed by atoms with Crippen molar-refractivity contribution in [1.82, 2.24) is 10.3 Å². The number of rotatable bonds is 6. The number of thiol groups is 1. The molecule has 3 nitrogen and oxygen atoms in total. The standard InChI is InChI=1S/C17H16N2OS3/c20-16(18-10-12-5-2-1-3-6-12)14(21)9-13-11-23-17(19-13)15-7-4-8-22-15/h1-8,11,14,21H,9-10H2,(H,18,20). The summed E-state index contributed by atoms with van der Waals surface area (Å²) in [5.41, 5.74) is 1.99. The zero-order valence-corrected chi connectivity index (χ0v) is 14.8. The van der Waals surface area contributed by atoms with Crippen LogP contribution in [0.5, 0.6) is 0 Å². The smallest absolute Gasteiger partial charge is 0.233 e. The third-order valence-corrected chi connectivity index (χ3v) is 5.65. The van der Waals surface area contributed by atoms with Gasteiger partial charge in [0.1, 0.15) is 5.01 Å². The van der Waals surface area contributed by atoms with E-state index in [-0.39, 0.29) is 5.91 Å². The van der Waals surface area contributed by atoms with E-state index in [0.717, 1.165) is 21.1 Å². The molecule has 6 heteroatoms. The fourth-order valence-corrected chi connectivity index (χ4v) is 4.03. The minimum absolute atomic E-state index is 0.0668. The molecule has 0 aliphatic rings. The van der Waals surface area contributed by atoms with Crippen LogP contribution in [-0.2, 0) is 17.8 Å². The first-order chi connectivity index (χ1) is 11.2. The molecule has 3 rings (SSSR count). The van der Waals surface area contributed by atoms with Crippen LogP contribution in [0.1, 0.15) is 11.3 Å². The monoisotopic (exact) mass is 360 g/mol. The Morgan fingerprint density at radius 2 is 2.00 bits per heavy atom. The number of benzene rings is 1. The summed E-state index contributed by atoms with van der Waals surface area (Å²) in [4.78, 5) is 17.9. The molecule has 0 saturated carbocycles. The number of carbonyl (C=O) groups excluding carboxylic acids is 1. The largest absolute Gasteiger partial charge is 0.351 e. The van der Waals surface area contributed by atoms with Gasteiger partial charge in [-0.3, -0.25) is 4.79 Å². The Hall–Kier alpha value is -1.63. The van der Waals surface area contributed by atoms with E-state index in [1.54, 1.807) is 22.7 Å². The lowest BCUT2D eigenvalue weighted by Gasteiger charge is -2.10. The minimum atomic E-state index is -0.392. The average molecular weight is 361 g/mol. The quantitative estimate of drug-likeness (QED) is 0.652. The van der Waals surface area contributed by atoms with Crippen molar-refractivity contribution < 1.29 is 4.79 Å². The van der Waals surface area contributed by atoms with Gasteiger partial charge in [-0.2, -0.15) is 12.6 Å². The molecule has 2 aromatic heterocycles. The molecule has 2 heterocycles. The van der Waals surface area contributed by atoms with Gasteiger partial charge in [0.15, 0.2) is 0 Å². The number of hydrogen-bond acceptors (Lipinski definition) is 5. The summed E-state index contributed by atoms with van der Waals surface area (Å²) in [6.07, 6.45) is 0.533. The Morgan fingerprint density at radius 1 is 1.17 bits per heavy atom. The first-order valence-electron chi connectivity index (χ1n) is 7.20. The lowest BCUT2D eigenvalue weighted by Crippen LogP contribution is -2.32. The van der Waals surface area contributed by atoms with E-state index in [1.165, 1.54) is 0 Å². The SMILES string of the molecule is O=C(NCc1ccccc1)C(S)Cc1csc(-c2cccs2)n1. The molecule has 0 aliphatic carbocycles. The molecule has 1 atom stereocenters. The highest BCUT2D eigenvalue weighted by Gasteiger charge is 2.16. The van der Waals surface area contributed by atoms with E-state index in [1.807, 2.05) is 47.2 Å². The first kappa shape index (κ1) is 16.2. The van der Waals surface area contributed by atoms with E-state index < -0.39 is 5.25 Å². The summed E-state index contributed by atoms with van der Waals surface area (Å²) in [6, 6.07) is 13.9. The predicted octanol–water partition coefficient (Wildman–Crippen LogP) is 4.03. The van der Waals surface area contributed by atoms with Crippen molar-refractivity contribution in [2.24, 2.45) is 0 Å². The molecule has 0 fully saturated rings. The molecule has 1 N–H and O–H groups in total. The summed E-state index contributed by atoms with van der Waals surface area (Å²) in [5, 5.41) is 7.56. The summed E-state index contributed by atoms with van der Waals surface area (Å²) in [6.45, 7) is 0.522. The maximum Gasteiger partial charge on any atom is 0.233 e. The summed E-state index contributed by atoms with van der Waals surface area (Å²) in [7, 11) is 0. The average Bonchev–Trinajstić information content (AvgIpc) is 3.24. The highest BCUT2D eigenvalue weighted by Crippen LogP contribution is 2.28. The van der Waals surface area contributed by atoms with Crippen LogP contribution in [0.4, 0.5) is 0 Å². The fourth-order valence-electron chi connectivity index (χ4n) is 2.11. The van der Waals surface area contributed by atoms with Gasteiger partial charge in [0.05, 0.1) is 15.8 Å². The molecule has 1 amide bonds. The van der Waals surface area contributed by atoms with E-state index in [2.05, 4.69) is 29.0 Å². The molecular weight excluding hydrogens is 344 g/mol. The normalized spacial score (nSPS) is 12.0. The Balaban J connectivity index is 1.54. The van der Waals surface area contributed by atoms with Crippen LogP contribution in [0.25, 0.3) is 9.88 Å². The molecule has 23 heavy (non-hydrogen) atoms. The Labute approximate surface area is 148 Å². The number of hydrogen-bond donors (Lipinski definition) is 2. The number of nitrogens with zero attached hydrogens (tertiary/aromatic N) is 1. The zero-order valence-electron chi connectivity index (χ0n) is 12.3. The van der Waals surface area contributed by atoms with Gasteiger partial charge in [-0.15, -0.1) is 22.7 Å². The highest BCUT2D eigenvalue weighted by molar-refractivity contribution is 7.81. The number of carbonyl (C=O) groups is 1. The van der Waals surface area contributed by atoms with Gasteiger partial charge in [0, 0.05) is 18.3 Å². The van der Waals surface area contributed by atoms with E-state index in [4.69, 9.17) is 0 Å². The highest BCUT2D eigenvalue weighted by atomic mass is 32.1. The number of amides is 1. The number of thiophene rings is 1. The summed E-state index contributed by atoms with van der Waals surface area (Å²) in [5.74, 6) is -0.0668. The first-order valence-corrected chi connectivity index (χ1v) is 9.48. The second-order valence-electron chi connectivity index (χ2n) is 5.04. The van der Waals surface area contributed by atoms with Crippen LogP contribution in [0.3, 0.4) is 0 Å². The van der Waals surface area contributed by atoms with Crippen molar-refractivity contribution in [2.75, 3.05) is 0 Å². The van der Waals surface area contributed by atoms with Gasteiger partial charge >= 0.3 is 0 Å². The molecule has 1 aromatic carbocycles. The van der Waals surface area contributed by atoms with Gasteiger partial charge in [0.25, 0.3) is 0 Å². The Morgan fingerprint density at radius 3 is 2.74 bits per heavy atom. The second kappa shape index (κ2) is 7.77. The van der Waals surface area contributed by atoms with Crippen LogP contribution in [-0.4, -0.2) is 16.1 Å². The van der Waals surface area contributed by atoms with Gasteiger partial charge < -0.3 is 5.32 Å². The number of thiazole rings is 1. The summed E-state index contributed by atoms with van der Waals surface area (Å²) < 4.78 is 0. The van der Waals surface area contributed by atoms with Crippen molar-refractivity contribution in [3.63, 3.8) is 0 Å². The Bertz CT molecular complexity index is 753. The molecule has 0 radical (unpaired) electrons. The summed E-state index contributed by atoms with van der Waals surface area (Å²) >= 11 is 7.70. The van der Waals surface area contributed by atoms with Gasteiger partial charge in [0.2, 0.25) is 5.91 Å². The Kier molecular flexibility index (Phi) is 5.48. The van der Waals surface area contributed by atoms with Gasteiger partial charge in [-0.1, -0.05) is 36.4 Å². The van der Waals surface area contributed by atoms with Crippen LogP contribution in [0, 0.1) is 0 Å².